The second-order valence-corrected chi connectivity index (χ2v) is 5.26. The Labute approximate surface area is 111 Å². The minimum atomic E-state index is -0.849. The number of carbonyl (C=O) groups is 2. The number of amides is 1. The molecular weight excluding hydrogens is 244 g/mol. The van der Waals surface area contributed by atoms with E-state index in [4.69, 9.17) is 5.11 Å². The van der Waals surface area contributed by atoms with Gasteiger partial charge in [0.05, 0.1) is 17.9 Å². The highest BCUT2D eigenvalue weighted by molar-refractivity contribution is 5.89. The molecular formula is C14H16N2O3. The average molecular weight is 260 g/mol. The van der Waals surface area contributed by atoms with Crippen molar-refractivity contribution in [3.63, 3.8) is 0 Å². The molecule has 0 radical (unpaired) electrons. The molecule has 0 spiro atoms. The fourth-order valence-corrected chi connectivity index (χ4v) is 2.92. The van der Waals surface area contributed by atoms with Crippen molar-refractivity contribution in [3.05, 3.63) is 30.1 Å². The van der Waals surface area contributed by atoms with Crippen LogP contribution in [-0.4, -0.2) is 33.4 Å². The third kappa shape index (κ3) is 2.20. The van der Waals surface area contributed by atoms with Crippen LogP contribution in [0.3, 0.4) is 0 Å². The molecule has 1 amide bonds. The number of hydrogen-bond acceptors (Lipinski definition) is 3. The van der Waals surface area contributed by atoms with E-state index in [1.807, 2.05) is 17.0 Å². The summed E-state index contributed by atoms with van der Waals surface area (Å²) < 4.78 is 0. The van der Waals surface area contributed by atoms with Crippen molar-refractivity contribution < 1.29 is 14.7 Å². The van der Waals surface area contributed by atoms with Gasteiger partial charge in [0.15, 0.2) is 0 Å². The molecule has 3 unspecified atom stereocenters. The Bertz CT molecular complexity index is 503. The van der Waals surface area contributed by atoms with Crippen LogP contribution in [0.1, 0.15) is 30.9 Å². The first-order valence-electron chi connectivity index (χ1n) is 6.61. The molecule has 5 heteroatoms. The summed E-state index contributed by atoms with van der Waals surface area (Å²) in [5.74, 6) is -1.61. The average Bonchev–Trinajstić information content (AvgIpc) is 3.08. The quantitative estimate of drug-likeness (QED) is 0.893. The van der Waals surface area contributed by atoms with Crippen molar-refractivity contribution in [2.75, 3.05) is 6.54 Å². The summed E-state index contributed by atoms with van der Waals surface area (Å²) in [4.78, 5) is 29.1. The van der Waals surface area contributed by atoms with Gasteiger partial charge in [0.1, 0.15) is 0 Å². The summed E-state index contributed by atoms with van der Waals surface area (Å²) in [5.41, 5.74) is 1.09. The van der Waals surface area contributed by atoms with E-state index < -0.39 is 11.9 Å². The number of carbonyl (C=O) groups excluding carboxylic acids is 1. The Hall–Kier alpha value is -1.91. The molecule has 2 heterocycles. The van der Waals surface area contributed by atoms with E-state index in [-0.39, 0.29) is 17.9 Å². The summed E-state index contributed by atoms with van der Waals surface area (Å²) in [6.07, 6.45) is 5.87. The monoisotopic (exact) mass is 260 g/mol. The van der Waals surface area contributed by atoms with Crippen molar-refractivity contribution in [2.45, 2.75) is 25.3 Å². The van der Waals surface area contributed by atoms with Crippen molar-refractivity contribution in [3.8, 4) is 0 Å². The number of rotatable bonds is 3. The number of nitrogens with zero attached hydrogens (tertiary/aromatic N) is 2. The van der Waals surface area contributed by atoms with Crippen LogP contribution in [0.5, 0.6) is 0 Å². The standard InChI is InChI=1S/C14H16N2O3/c17-13(10-8-11(10)14(18)19)16-7-1-2-12(16)9-3-5-15-6-4-9/h3-6,10-12H,1-2,7-8H2,(H,18,19). The molecule has 5 nitrogen and oxygen atoms in total. The van der Waals surface area contributed by atoms with E-state index in [0.717, 1.165) is 24.9 Å². The Kier molecular flexibility index (Phi) is 2.97. The molecule has 1 N–H and O–H groups in total. The van der Waals surface area contributed by atoms with Gasteiger partial charge in [0.25, 0.3) is 0 Å². The lowest BCUT2D eigenvalue weighted by atomic mass is 10.1. The van der Waals surface area contributed by atoms with Crippen molar-refractivity contribution in [1.29, 1.82) is 0 Å². The number of likely N-dealkylation sites (tertiary alicyclic amines) is 1. The van der Waals surface area contributed by atoms with Gasteiger partial charge >= 0.3 is 5.97 Å². The first-order valence-corrected chi connectivity index (χ1v) is 6.61. The minimum absolute atomic E-state index is 0.00622. The minimum Gasteiger partial charge on any atom is -0.481 e. The van der Waals surface area contributed by atoms with E-state index >= 15 is 0 Å². The number of pyridine rings is 1. The van der Waals surface area contributed by atoms with Gasteiger partial charge in [0.2, 0.25) is 5.91 Å². The molecule has 0 bridgehead atoms. The van der Waals surface area contributed by atoms with Gasteiger partial charge < -0.3 is 10.0 Å². The van der Waals surface area contributed by atoms with E-state index in [2.05, 4.69) is 4.98 Å². The molecule has 3 atom stereocenters. The highest BCUT2D eigenvalue weighted by Crippen LogP contribution is 2.43. The lowest BCUT2D eigenvalue weighted by Gasteiger charge is -2.25. The van der Waals surface area contributed by atoms with Crippen LogP contribution in [0.15, 0.2) is 24.5 Å². The van der Waals surface area contributed by atoms with Crippen molar-refractivity contribution in [1.82, 2.24) is 9.88 Å². The molecule has 1 saturated heterocycles. The van der Waals surface area contributed by atoms with Crippen LogP contribution in [0.25, 0.3) is 0 Å². The summed E-state index contributed by atoms with van der Waals surface area (Å²) in [6, 6.07) is 3.95. The van der Waals surface area contributed by atoms with E-state index in [1.165, 1.54) is 0 Å². The van der Waals surface area contributed by atoms with Crippen LogP contribution >= 0.6 is 0 Å². The lowest BCUT2D eigenvalue weighted by molar-refractivity contribution is -0.142. The largest absolute Gasteiger partial charge is 0.481 e. The predicted molar refractivity (Wildman–Crippen MR) is 67.2 cm³/mol. The number of aliphatic carboxylic acids is 1. The number of aromatic nitrogens is 1. The predicted octanol–water partition coefficient (Wildman–Crippen LogP) is 1.47. The maximum absolute atomic E-state index is 12.4. The van der Waals surface area contributed by atoms with Gasteiger partial charge in [-0.25, -0.2) is 0 Å². The molecule has 3 rings (SSSR count). The van der Waals surface area contributed by atoms with Crippen molar-refractivity contribution >= 4 is 11.9 Å². The Balaban J connectivity index is 1.74. The maximum Gasteiger partial charge on any atom is 0.307 e. The summed E-state index contributed by atoms with van der Waals surface area (Å²) in [6.45, 7) is 0.731. The summed E-state index contributed by atoms with van der Waals surface area (Å²) in [5, 5.41) is 8.92. The van der Waals surface area contributed by atoms with Gasteiger partial charge in [-0.15, -0.1) is 0 Å². The third-order valence-corrected chi connectivity index (χ3v) is 4.05. The maximum atomic E-state index is 12.4. The van der Waals surface area contributed by atoms with Gasteiger partial charge in [-0.3, -0.25) is 14.6 Å². The number of hydrogen-bond donors (Lipinski definition) is 1. The molecule has 1 aromatic heterocycles. The number of carboxylic acid groups (broad SMARTS) is 1. The molecule has 2 fully saturated rings. The molecule has 0 aromatic carbocycles. The SMILES string of the molecule is O=C(O)C1CC1C(=O)N1CCCC1c1ccncc1. The smallest absolute Gasteiger partial charge is 0.307 e. The highest BCUT2D eigenvalue weighted by Gasteiger charge is 2.51. The number of carboxylic acids is 1. The summed E-state index contributed by atoms with van der Waals surface area (Å²) >= 11 is 0. The molecule has 1 saturated carbocycles. The van der Waals surface area contributed by atoms with E-state index in [1.54, 1.807) is 12.4 Å². The Morgan fingerprint density at radius 1 is 1.26 bits per heavy atom. The van der Waals surface area contributed by atoms with Crippen LogP contribution in [0.2, 0.25) is 0 Å². The summed E-state index contributed by atoms with van der Waals surface area (Å²) in [7, 11) is 0. The second-order valence-electron chi connectivity index (χ2n) is 5.26. The molecule has 1 aliphatic carbocycles. The van der Waals surface area contributed by atoms with Gasteiger partial charge in [-0.05, 0) is 37.0 Å². The fraction of sp³-hybridized carbons (Fsp3) is 0.500. The second kappa shape index (κ2) is 4.64. The normalized spacial score (nSPS) is 29.3. The van der Waals surface area contributed by atoms with E-state index in [0.29, 0.717) is 6.42 Å². The first-order chi connectivity index (χ1) is 9.18. The third-order valence-electron chi connectivity index (χ3n) is 4.05. The molecule has 19 heavy (non-hydrogen) atoms. The lowest BCUT2D eigenvalue weighted by Crippen LogP contribution is -2.32. The Morgan fingerprint density at radius 2 is 2.00 bits per heavy atom. The molecule has 2 aliphatic rings. The van der Waals surface area contributed by atoms with Gasteiger partial charge in [0, 0.05) is 18.9 Å². The first kappa shape index (κ1) is 12.1. The van der Waals surface area contributed by atoms with Gasteiger partial charge in [-0.2, -0.15) is 0 Å². The zero-order valence-electron chi connectivity index (χ0n) is 10.5. The zero-order chi connectivity index (χ0) is 13.4. The van der Waals surface area contributed by atoms with Crippen LogP contribution in [0, 0.1) is 11.8 Å². The fourth-order valence-electron chi connectivity index (χ4n) is 2.92. The highest BCUT2D eigenvalue weighted by atomic mass is 16.4. The van der Waals surface area contributed by atoms with Crippen LogP contribution < -0.4 is 0 Å². The Morgan fingerprint density at radius 3 is 2.63 bits per heavy atom. The molecule has 100 valence electrons. The van der Waals surface area contributed by atoms with Crippen LogP contribution in [0.4, 0.5) is 0 Å². The zero-order valence-corrected chi connectivity index (χ0v) is 10.5. The van der Waals surface area contributed by atoms with Crippen molar-refractivity contribution in [2.24, 2.45) is 11.8 Å². The topological polar surface area (TPSA) is 70.5 Å². The molecule has 1 aromatic rings. The van der Waals surface area contributed by atoms with Crippen LogP contribution in [-0.2, 0) is 9.59 Å². The van der Waals surface area contributed by atoms with Gasteiger partial charge in [-0.1, -0.05) is 0 Å². The van der Waals surface area contributed by atoms with E-state index in [9.17, 15) is 9.59 Å². The molecule has 1 aliphatic heterocycles.